The summed E-state index contributed by atoms with van der Waals surface area (Å²) >= 11 is 11.7. The lowest BCUT2D eigenvalue weighted by atomic mass is 9.89. The van der Waals surface area contributed by atoms with Crippen LogP contribution < -0.4 is 5.32 Å². The van der Waals surface area contributed by atoms with E-state index < -0.39 is 0 Å². The lowest BCUT2D eigenvalue weighted by Crippen LogP contribution is -2.37. The average molecular weight is 457 g/mol. The first-order valence-electron chi connectivity index (χ1n) is 6.36. The third kappa shape index (κ3) is 3.85. The van der Waals surface area contributed by atoms with Gasteiger partial charge in [-0.3, -0.25) is 4.79 Å². The van der Waals surface area contributed by atoms with Crippen molar-refractivity contribution in [2.24, 2.45) is 5.41 Å². The number of carbonyl (C=O) groups excluding carboxylic acids is 1. The largest absolute Gasteiger partial charge is 0.351 e. The first kappa shape index (κ1) is 15.6. The Bertz CT molecular complexity index is 475. The molecule has 1 amide bonds. The molecule has 19 heavy (non-hydrogen) atoms. The fourth-order valence-electron chi connectivity index (χ4n) is 2.52. The number of halogens is 3. The van der Waals surface area contributed by atoms with Crippen LogP contribution in [0.25, 0.3) is 0 Å². The molecule has 1 fully saturated rings. The normalized spacial score (nSPS) is 17.4. The average Bonchev–Trinajstić information content (AvgIpc) is 2.88. The van der Waals surface area contributed by atoms with Gasteiger partial charge in [0.1, 0.15) is 0 Å². The van der Waals surface area contributed by atoms with E-state index in [1.807, 2.05) is 6.07 Å². The smallest absolute Gasteiger partial charge is 0.252 e. The molecule has 5 heteroatoms. The number of benzene rings is 1. The van der Waals surface area contributed by atoms with Gasteiger partial charge in [0.05, 0.1) is 5.56 Å². The van der Waals surface area contributed by atoms with Crippen molar-refractivity contribution in [3.63, 3.8) is 0 Å². The molecule has 1 aliphatic rings. The molecule has 2 rings (SSSR count). The minimum Gasteiger partial charge on any atom is -0.351 e. The zero-order valence-electron chi connectivity index (χ0n) is 10.5. The van der Waals surface area contributed by atoms with Crippen LogP contribution in [-0.4, -0.2) is 17.8 Å². The zero-order valence-corrected chi connectivity index (χ0v) is 15.0. The van der Waals surface area contributed by atoms with Gasteiger partial charge in [-0.05, 0) is 59.0 Å². The van der Waals surface area contributed by atoms with Crippen molar-refractivity contribution >= 4 is 56.0 Å². The summed E-state index contributed by atoms with van der Waals surface area (Å²) in [4.78, 5) is 12.2. The summed E-state index contributed by atoms with van der Waals surface area (Å²) in [6, 6.07) is 5.40. The van der Waals surface area contributed by atoms with Gasteiger partial charge >= 0.3 is 0 Å². The highest BCUT2D eigenvalue weighted by Gasteiger charge is 2.33. The number of rotatable bonds is 4. The fraction of sp³-hybridized carbons (Fsp3) is 0.500. The SMILES string of the molecule is O=C(NCC1(CBr)CCCC1)c1cc(Cl)ccc1I. The van der Waals surface area contributed by atoms with Crippen molar-refractivity contribution in [2.45, 2.75) is 25.7 Å². The first-order chi connectivity index (χ1) is 9.06. The van der Waals surface area contributed by atoms with Crippen molar-refractivity contribution in [3.8, 4) is 0 Å². The number of hydrogen-bond acceptors (Lipinski definition) is 1. The maximum atomic E-state index is 12.2. The van der Waals surface area contributed by atoms with E-state index in [-0.39, 0.29) is 11.3 Å². The Labute approximate surface area is 140 Å². The van der Waals surface area contributed by atoms with Gasteiger partial charge in [-0.2, -0.15) is 0 Å². The molecule has 0 aliphatic heterocycles. The molecule has 1 aliphatic carbocycles. The molecule has 0 unspecified atom stereocenters. The Morgan fingerprint density at radius 1 is 1.42 bits per heavy atom. The maximum absolute atomic E-state index is 12.2. The van der Waals surface area contributed by atoms with Gasteiger partial charge in [-0.15, -0.1) is 0 Å². The van der Waals surface area contributed by atoms with Gasteiger partial charge < -0.3 is 5.32 Å². The Morgan fingerprint density at radius 3 is 2.74 bits per heavy atom. The zero-order chi connectivity index (χ0) is 13.9. The third-order valence-corrected chi connectivity index (χ3v) is 6.11. The van der Waals surface area contributed by atoms with Crippen LogP contribution >= 0.6 is 50.1 Å². The Hall–Kier alpha value is 0.190. The summed E-state index contributed by atoms with van der Waals surface area (Å²) in [7, 11) is 0. The predicted molar refractivity (Wildman–Crippen MR) is 91.2 cm³/mol. The van der Waals surface area contributed by atoms with Crippen LogP contribution in [0.2, 0.25) is 5.02 Å². The quantitative estimate of drug-likeness (QED) is 0.520. The van der Waals surface area contributed by atoms with E-state index in [0.717, 1.165) is 15.4 Å². The van der Waals surface area contributed by atoms with Crippen LogP contribution in [0.4, 0.5) is 0 Å². The number of nitrogens with one attached hydrogen (secondary N) is 1. The number of amides is 1. The van der Waals surface area contributed by atoms with Gasteiger partial charge in [0.15, 0.2) is 0 Å². The van der Waals surface area contributed by atoms with Crippen LogP contribution in [0.15, 0.2) is 18.2 Å². The highest BCUT2D eigenvalue weighted by Crippen LogP contribution is 2.39. The van der Waals surface area contributed by atoms with Gasteiger partial charge in [-0.1, -0.05) is 40.4 Å². The summed E-state index contributed by atoms with van der Waals surface area (Å²) in [5.41, 5.74) is 0.899. The van der Waals surface area contributed by atoms with E-state index in [4.69, 9.17) is 11.6 Å². The molecule has 1 saturated carbocycles. The van der Waals surface area contributed by atoms with Crippen LogP contribution in [0.5, 0.6) is 0 Å². The van der Waals surface area contributed by atoms with E-state index in [0.29, 0.717) is 10.6 Å². The Balaban J connectivity index is 2.03. The van der Waals surface area contributed by atoms with Gasteiger partial charge in [0.2, 0.25) is 0 Å². The molecular formula is C14H16BrClINO. The van der Waals surface area contributed by atoms with Crippen molar-refractivity contribution in [3.05, 3.63) is 32.4 Å². The van der Waals surface area contributed by atoms with Crippen LogP contribution in [0.3, 0.4) is 0 Å². The second-order valence-corrected chi connectivity index (χ2v) is 7.31. The van der Waals surface area contributed by atoms with Crippen LogP contribution in [-0.2, 0) is 0 Å². The van der Waals surface area contributed by atoms with Crippen molar-refractivity contribution in [1.82, 2.24) is 5.32 Å². The number of carbonyl (C=O) groups is 1. The van der Waals surface area contributed by atoms with Gasteiger partial charge in [0, 0.05) is 20.5 Å². The molecule has 0 saturated heterocycles. The molecule has 1 N–H and O–H groups in total. The molecule has 2 nitrogen and oxygen atoms in total. The molecular weight excluding hydrogens is 440 g/mol. The molecule has 0 atom stereocenters. The van der Waals surface area contributed by atoms with E-state index >= 15 is 0 Å². The minimum absolute atomic E-state index is 0.0286. The second-order valence-electron chi connectivity index (χ2n) is 5.15. The number of hydrogen-bond donors (Lipinski definition) is 1. The van der Waals surface area contributed by atoms with Crippen LogP contribution in [0.1, 0.15) is 36.0 Å². The third-order valence-electron chi connectivity index (χ3n) is 3.74. The summed E-state index contributed by atoms with van der Waals surface area (Å²) in [6.07, 6.45) is 4.89. The van der Waals surface area contributed by atoms with E-state index in [2.05, 4.69) is 43.8 Å². The molecule has 1 aromatic carbocycles. The van der Waals surface area contributed by atoms with E-state index in [9.17, 15) is 4.79 Å². The molecule has 0 bridgehead atoms. The molecule has 0 radical (unpaired) electrons. The molecule has 104 valence electrons. The molecule has 1 aromatic rings. The highest BCUT2D eigenvalue weighted by molar-refractivity contribution is 14.1. The maximum Gasteiger partial charge on any atom is 0.252 e. The highest BCUT2D eigenvalue weighted by atomic mass is 127. The van der Waals surface area contributed by atoms with E-state index in [1.54, 1.807) is 12.1 Å². The topological polar surface area (TPSA) is 29.1 Å². The van der Waals surface area contributed by atoms with Gasteiger partial charge in [0.25, 0.3) is 5.91 Å². The summed E-state index contributed by atoms with van der Waals surface area (Å²) < 4.78 is 0.929. The molecule has 0 heterocycles. The standard InChI is InChI=1S/C14H16BrClINO/c15-8-14(5-1-2-6-14)9-18-13(19)11-7-10(16)3-4-12(11)17/h3-4,7H,1-2,5-6,8-9H2,(H,18,19). The minimum atomic E-state index is -0.0286. The summed E-state index contributed by atoms with van der Waals surface area (Å²) in [6.45, 7) is 0.736. The Morgan fingerprint density at radius 2 is 2.11 bits per heavy atom. The molecule has 0 aromatic heterocycles. The van der Waals surface area contributed by atoms with Gasteiger partial charge in [-0.25, -0.2) is 0 Å². The van der Waals surface area contributed by atoms with Crippen molar-refractivity contribution in [1.29, 1.82) is 0 Å². The predicted octanol–water partition coefficient (Wildman–Crippen LogP) is 4.63. The lowest BCUT2D eigenvalue weighted by Gasteiger charge is -2.26. The monoisotopic (exact) mass is 455 g/mol. The Kier molecular flexibility index (Phi) is 5.55. The molecule has 0 spiro atoms. The second kappa shape index (κ2) is 6.76. The summed E-state index contributed by atoms with van der Waals surface area (Å²) in [5.74, 6) is -0.0286. The lowest BCUT2D eigenvalue weighted by molar-refractivity contribution is 0.0934. The summed E-state index contributed by atoms with van der Waals surface area (Å²) in [5, 5.41) is 4.62. The van der Waals surface area contributed by atoms with Crippen molar-refractivity contribution < 1.29 is 4.79 Å². The first-order valence-corrected chi connectivity index (χ1v) is 8.93. The fourth-order valence-corrected chi connectivity index (χ4v) is 4.03. The van der Waals surface area contributed by atoms with Crippen molar-refractivity contribution in [2.75, 3.05) is 11.9 Å². The van der Waals surface area contributed by atoms with E-state index in [1.165, 1.54) is 25.7 Å². The van der Waals surface area contributed by atoms with Crippen LogP contribution in [0, 0.1) is 8.99 Å². The number of alkyl halides is 1.